The molecule has 0 spiro atoms. The van der Waals surface area contributed by atoms with Gasteiger partial charge in [0.1, 0.15) is 0 Å². The topological polar surface area (TPSA) is 49.8 Å². The van der Waals surface area contributed by atoms with Gasteiger partial charge in [-0.15, -0.1) is 11.3 Å². The number of likely N-dealkylation sites (N-methyl/N-ethyl adjacent to an activating group) is 1. The van der Waals surface area contributed by atoms with Gasteiger partial charge in [0.25, 0.3) is 0 Å². The Labute approximate surface area is 142 Å². The summed E-state index contributed by atoms with van der Waals surface area (Å²) in [5.74, 6) is 1.55. The maximum Gasteiger partial charge on any atom is 0.213 e. The van der Waals surface area contributed by atoms with Crippen molar-refractivity contribution in [1.29, 1.82) is 0 Å². The van der Waals surface area contributed by atoms with E-state index in [4.69, 9.17) is 4.74 Å². The highest BCUT2D eigenvalue weighted by atomic mass is 32.1. The van der Waals surface area contributed by atoms with Crippen LogP contribution in [0.1, 0.15) is 17.4 Å². The standard InChI is InChI=1S/C17H24N4OS/c1-4-22-16-12-14(7-9-19-16)13-20-17(18-2)21(3)10-8-15-6-5-11-23-15/h5-7,9,11-12H,4,8,10,13H2,1-3H3,(H,18,20). The summed E-state index contributed by atoms with van der Waals surface area (Å²) in [7, 11) is 3.86. The fourth-order valence-electron chi connectivity index (χ4n) is 2.19. The first-order chi connectivity index (χ1) is 11.2. The van der Waals surface area contributed by atoms with Crippen molar-refractivity contribution >= 4 is 17.3 Å². The number of nitrogens with zero attached hydrogens (tertiary/aromatic N) is 3. The van der Waals surface area contributed by atoms with E-state index in [1.165, 1.54) is 4.88 Å². The fraction of sp³-hybridized carbons (Fsp3) is 0.412. The van der Waals surface area contributed by atoms with Crippen LogP contribution in [-0.4, -0.2) is 43.1 Å². The summed E-state index contributed by atoms with van der Waals surface area (Å²) in [5, 5.41) is 5.49. The van der Waals surface area contributed by atoms with Gasteiger partial charge in [-0.25, -0.2) is 4.98 Å². The zero-order valence-corrected chi connectivity index (χ0v) is 14.8. The summed E-state index contributed by atoms with van der Waals surface area (Å²) in [5.41, 5.74) is 1.12. The van der Waals surface area contributed by atoms with Gasteiger partial charge in [0.15, 0.2) is 5.96 Å². The van der Waals surface area contributed by atoms with Crippen LogP contribution in [-0.2, 0) is 13.0 Å². The second-order valence-electron chi connectivity index (χ2n) is 5.09. The number of ether oxygens (including phenoxy) is 1. The van der Waals surface area contributed by atoms with E-state index in [0.29, 0.717) is 19.0 Å². The first-order valence-corrected chi connectivity index (χ1v) is 8.62. The lowest BCUT2D eigenvalue weighted by Gasteiger charge is -2.22. The average Bonchev–Trinajstić information content (AvgIpc) is 3.07. The van der Waals surface area contributed by atoms with E-state index >= 15 is 0 Å². The number of guanidine groups is 1. The third kappa shape index (κ3) is 5.56. The molecule has 6 heteroatoms. The van der Waals surface area contributed by atoms with Crippen molar-refractivity contribution in [2.75, 3.05) is 27.2 Å². The molecular weight excluding hydrogens is 308 g/mol. The van der Waals surface area contributed by atoms with Crippen LogP contribution in [0.15, 0.2) is 40.8 Å². The zero-order chi connectivity index (χ0) is 16.5. The third-order valence-corrected chi connectivity index (χ3v) is 4.33. The Balaban J connectivity index is 1.85. The van der Waals surface area contributed by atoms with Crippen molar-refractivity contribution < 1.29 is 4.74 Å². The van der Waals surface area contributed by atoms with Gasteiger partial charge < -0.3 is 15.0 Å². The second kappa shape index (κ2) is 9.15. The van der Waals surface area contributed by atoms with Crippen molar-refractivity contribution in [3.8, 4) is 5.88 Å². The number of hydrogen-bond acceptors (Lipinski definition) is 4. The molecule has 0 saturated carbocycles. The Morgan fingerprint density at radius 2 is 2.30 bits per heavy atom. The Bertz CT molecular complexity index is 613. The van der Waals surface area contributed by atoms with Crippen molar-refractivity contribution in [3.63, 3.8) is 0 Å². The van der Waals surface area contributed by atoms with Gasteiger partial charge in [-0.3, -0.25) is 4.99 Å². The van der Waals surface area contributed by atoms with Gasteiger partial charge >= 0.3 is 0 Å². The van der Waals surface area contributed by atoms with Gasteiger partial charge in [0.2, 0.25) is 5.88 Å². The first-order valence-electron chi connectivity index (χ1n) is 7.74. The predicted molar refractivity (Wildman–Crippen MR) is 96.3 cm³/mol. The van der Waals surface area contributed by atoms with Crippen LogP contribution in [0.3, 0.4) is 0 Å². The lowest BCUT2D eigenvalue weighted by molar-refractivity contribution is 0.326. The van der Waals surface area contributed by atoms with Gasteiger partial charge in [-0.05, 0) is 36.4 Å². The Morgan fingerprint density at radius 1 is 1.43 bits per heavy atom. The molecule has 0 fully saturated rings. The van der Waals surface area contributed by atoms with Crippen LogP contribution >= 0.6 is 11.3 Å². The lowest BCUT2D eigenvalue weighted by Crippen LogP contribution is -2.39. The highest BCUT2D eigenvalue weighted by molar-refractivity contribution is 7.09. The number of rotatable bonds is 7. The second-order valence-corrected chi connectivity index (χ2v) is 6.12. The molecule has 0 bridgehead atoms. The first kappa shape index (κ1) is 17.3. The third-order valence-electron chi connectivity index (χ3n) is 3.39. The molecule has 0 aliphatic carbocycles. The molecule has 5 nitrogen and oxygen atoms in total. The van der Waals surface area contributed by atoms with Crippen LogP contribution in [0, 0.1) is 0 Å². The number of hydrogen-bond donors (Lipinski definition) is 1. The molecular formula is C17H24N4OS. The minimum atomic E-state index is 0.622. The van der Waals surface area contributed by atoms with Crippen molar-refractivity contribution in [2.24, 2.45) is 4.99 Å². The minimum absolute atomic E-state index is 0.622. The number of nitrogens with one attached hydrogen (secondary N) is 1. The molecule has 2 aromatic rings. The van der Waals surface area contributed by atoms with E-state index in [0.717, 1.165) is 24.5 Å². The summed E-state index contributed by atoms with van der Waals surface area (Å²) in [6.07, 6.45) is 2.80. The SMILES string of the molecule is CCOc1cc(CNC(=NC)N(C)CCc2cccs2)ccn1. The quantitative estimate of drug-likeness (QED) is 0.626. The molecule has 0 radical (unpaired) electrons. The molecule has 2 rings (SSSR count). The summed E-state index contributed by atoms with van der Waals surface area (Å²) in [6.45, 7) is 4.20. The molecule has 1 N–H and O–H groups in total. The Morgan fingerprint density at radius 3 is 3.00 bits per heavy atom. The smallest absolute Gasteiger partial charge is 0.213 e. The average molecular weight is 332 g/mol. The number of aromatic nitrogens is 1. The molecule has 124 valence electrons. The predicted octanol–water partition coefficient (Wildman–Crippen LogP) is 2.79. The summed E-state index contributed by atoms with van der Waals surface area (Å²) in [4.78, 5) is 12.1. The van der Waals surface area contributed by atoms with Gasteiger partial charge in [0.05, 0.1) is 6.61 Å². The normalized spacial score (nSPS) is 11.3. The maximum absolute atomic E-state index is 5.43. The summed E-state index contributed by atoms with van der Waals surface area (Å²) in [6, 6.07) is 8.19. The fourth-order valence-corrected chi connectivity index (χ4v) is 2.89. The molecule has 0 aliphatic heterocycles. The van der Waals surface area contributed by atoms with Gasteiger partial charge in [-0.1, -0.05) is 6.07 Å². The van der Waals surface area contributed by atoms with Gasteiger partial charge in [0, 0.05) is 44.3 Å². The molecule has 0 aromatic carbocycles. The van der Waals surface area contributed by atoms with Crippen LogP contribution in [0.5, 0.6) is 5.88 Å². The zero-order valence-electron chi connectivity index (χ0n) is 14.0. The van der Waals surface area contributed by atoms with Gasteiger partial charge in [-0.2, -0.15) is 0 Å². The molecule has 0 unspecified atom stereocenters. The Hall–Kier alpha value is -2.08. The van der Waals surface area contributed by atoms with E-state index in [1.54, 1.807) is 17.5 Å². The largest absolute Gasteiger partial charge is 0.478 e. The highest BCUT2D eigenvalue weighted by Gasteiger charge is 2.07. The van der Waals surface area contributed by atoms with E-state index < -0.39 is 0 Å². The van der Waals surface area contributed by atoms with E-state index in [2.05, 4.69) is 44.8 Å². The van der Waals surface area contributed by atoms with Crippen LogP contribution in [0.2, 0.25) is 0 Å². The lowest BCUT2D eigenvalue weighted by atomic mass is 10.2. The van der Waals surface area contributed by atoms with Crippen LogP contribution in [0.4, 0.5) is 0 Å². The maximum atomic E-state index is 5.43. The molecule has 2 heterocycles. The van der Waals surface area contributed by atoms with E-state index in [1.807, 2.05) is 26.1 Å². The van der Waals surface area contributed by atoms with E-state index in [9.17, 15) is 0 Å². The van der Waals surface area contributed by atoms with E-state index in [-0.39, 0.29) is 0 Å². The monoisotopic (exact) mass is 332 g/mol. The molecule has 23 heavy (non-hydrogen) atoms. The molecule has 2 aromatic heterocycles. The number of aliphatic imine (C=N–C) groups is 1. The molecule has 0 atom stereocenters. The molecule has 0 saturated heterocycles. The van der Waals surface area contributed by atoms with Crippen molar-refractivity contribution in [3.05, 3.63) is 46.3 Å². The molecule has 0 aliphatic rings. The van der Waals surface area contributed by atoms with Crippen LogP contribution < -0.4 is 10.1 Å². The molecule has 0 amide bonds. The highest BCUT2D eigenvalue weighted by Crippen LogP contribution is 2.10. The van der Waals surface area contributed by atoms with Crippen molar-refractivity contribution in [1.82, 2.24) is 15.2 Å². The summed E-state index contributed by atoms with van der Waals surface area (Å²) < 4.78 is 5.43. The number of pyridine rings is 1. The number of thiophene rings is 1. The minimum Gasteiger partial charge on any atom is -0.478 e. The summed E-state index contributed by atoms with van der Waals surface area (Å²) >= 11 is 1.79. The van der Waals surface area contributed by atoms with Crippen LogP contribution in [0.25, 0.3) is 0 Å². The Kier molecular flexibility index (Phi) is 6.87. The van der Waals surface area contributed by atoms with Crippen molar-refractivity contribution in [2.45, 2.75) is 19.9 Å².